The van der Waals surface area contributed by atoms with E-state index >= 15 is 0 Å². The Hall–Kier alpha value is -1.44. The summed E-state index contributed by atoms with van der Waals surface area (Å²) in [6.45, 7) is 4.32. The summed E-state index contributed by atoms with van der Waals surface area (Å²) in [5.74, 6) is 0.766. The molecule has 0 bridgehead atoms. The van der Waals surface area contributed by atoms with Crippen molar-refractivity contribution < 1.29 is 0 Å². The van der Waals surface area contributed by atoms with Crippen LogP contribution in [0.15, 0.2) is 18.2 Å². The zero-order chi connectivity index (χ0) is 11.1. The average molecular weight is 212 g/mol. The van der Waals surface area contributed by atoms with Crippen molar-refractivity contribution in [2.24, 2.45) is 5.92 Å². The zero-order valence-corrected chi connectivity index (χ0v) is 9.83. The number of aryl methyl sites for hydroxylation is 2. The number of aromatic nitrogens is 2. The quantitative estimate of drug-likeness (QED) is 0.670. The molecule has 1 aliphatic carbocycles. The molecule has 1 unspecified atom stereocenters. The molecule has 2 nitrogen and oxygen atoms in total. The Morgan fingerprint density at radius 1 is 1.25 bits per heavy atom. The molecule has 0 aromatic carbocycles. The molecule has 2 aromatic heterocycles. The highest BCUT2D eigenvalue weighted by molar-refractivity contribution is 5.76. The molecule has 0 N–H and O–H groups in total. The van der Waals surface area contributed by atoms with Gasteiger partial charge in [-0.15, -0.1) is 0 Å². The van der Waals surface area contributed by atoms with Crippen LogP contribution in [0.2, 0.25) is 0 Å². The molecule has 82 valence electrons. The smallest absolute Gasteiger partial charge is 0.159 e. The second kappa shape index (κ2) is 3.55. The maximum atomic E-state index is 4.72. The molecule has 0 amide bonds. The lowest BCUT2D eigenvalue weighted by molar-refractivity contribution is 0.493. The van der Waals surface area contributed by atoms with E-state index in [1.807, 2.05) is 6.92 Å². The van der Waals surface area contributed by atoms with Gasteiger partial charge in [0.1, 0.15) is 0 Å². The number of pyridine rings is 2. The van der Waals surface area contributed by atoms with Crippen LogP contribution in [0.4, 0.5) is 0 Å². The molecule has 0 fully saturated rings. The van der Waals surface area contributed by atoms with E-state index in [1.165, 1.54) is 29.5 Å². The molecule has 16 heavy (non-hydrogen) atoms. The van der Waals surface area contributed by atoms with E-state index in [-0.39, 0.29) is 0 Å². The Morgan fingerprint density at radius 2 is 2.12 bits per heavy atom. The first-order valence-electron chi connectivity index (χ1n) is 5.98. The lowest BCUT2D eigenvalue weighted by Crippen LogP contribution is -2.13. The first kappa shape index (κ1) is 9.76. The SMILES string of the molecule is Cc1ccc2cc3c(nc2n1)CC(C)CC3. The summed E-state index contributed by atoms with van der Waals surface area (Å²) in [7, 11) is 0. The van der Waals surface area contributed by atoms with Gasteiger partial charge in [-0.2, -0.15) is 0 Å². The lowest BCUT2D eigenvalue weighted by Gasteiger charge is -2.20. The second-order valence-electron chi connectivity index (χ2n) is 4.94. The van der Waals surface area contributed by atoms with E-state index in [9.17, 15) is 0 Å². The van der Waals surface area contributed by atoms with Crippen molar-refractivity contribution >= 4 is 11.0 Å². The molecule has 0 radical (unpaired) electrons. The highest BCUT2D eigenvalue weighted by Gasteiger charge is 2.17. The summed E-state index contributed by atoms with van der Waals surface area (Å²) in [4.78, 5) is 9.21. The second-order valence-corrected chi connectivity index (χ2v) is 4.94. The molecule has 0 aliphatic heterocycles. The Kier molecular flexibility index (Phi) is 2.16. The number of hydrogen-bond acceptors (Lipinski definition) is 2. The van der Waals surface area contributed by atoms with Crippen molar-refractivity contribution in [3.8, 4) is 0 Å². The normalized spacial score (nSPS) is 19.8. The van der Waals surface area contributed by atoms with Gasteiger partial charge in [0.15, 0.2) is 5.65 Å². The Balaban J connectivity index is 2.20. The summed E-state index contributed by atoms with van der Waals surface area (Å²) in [5, 5.41) is 1.18. The topological polar surface area (TPSA) is 25.8 Å². The highest BCUT2D eigenvalue weighted by atomic mass is 14.9. The summed E-state index contributed by atoms with van der Waals surface area (Å²) >= 11 is 0. The predicted molar refractivity (Wildman–Crippen MR) is 65.5 cm³/mol. The number of fused-ring (bicyclic) bond motifs is 2. The minimum atomic E-state index is 0.766. The van der Waals surface area contributed by atoms with Gasteiger partial charge >= 0.3 is 0 Å². The van der Waals surface area contributed by atoms with Gasteiger partial charge in [0, 0.05) is 16.8 Å². The molecule has 0 saturated heterocycles. The van der Waals surface area contributed by atoms with Gasteiger partial charge in [-0.1, -0.05) is 6.92 Å². The lowest BCUT2D eigenvalue weighted by atomic mass is 9.88. The number of hydrogen-bond donors (Lipinski definition) is 0. The molecule has 2 heteroatoms. The Labute approximate surface area is 95.7 Å². The Morgan fingerprint density at radius 3 is 3.00 bits per heavy atom. The Bertz CT molecular complexity index is 546. The van der Waals surface area contributed by atoms with Gasteiger partial charge in [-0.3, -0.25) is 0 Å². The predicted octanol–water partition coefficient (Wildman–Crippen LogP) is 3.06. The third kappa shape index (κ3) is 1.58. The highest BCUT2D eigenvalue weighted by Crippen LogP contribution is 2.26. The van der Waals surface area contributed by atoms with E-state index < -0.39 is 0 Å². The molecule has 0 spiro atoms. The zero-order valence-electron chi connectivity index (χ0n) is 9.83. The van der Waals surface area contributed by atoms with Crippen LogP contribution < -0.4 is 0 Å². The molecule has 0 saturated carbocycles. The van der Waals surface area contributed by atoms with Crippen molar-refractivity contribution in [1.29, 1.82) is 0 Å². The number of nitrogens with zero attached hydrogens (tertiary/aromatic N) is 2. The van der Waals surface area contributed by atoms with Crippen molar-refractivity contribution in [2.45, 2.75) is 33.1 Å². The molecule has 2 aromatic rings. The van der Waals surface area contributed by atoms with E-state index in [0.717, 1.165) is 23.7 Å². The van der Waals surface area contributed by atoms with Crippen LogP contribution in [-0.2, 0) is 12.8 Å². The minimum absolute atomic E-state index is 0.766. The van der Waals surface area contributed by atoms with E-state index in [2.05, 4.69) is 30.1 Å². The van der Waals surface area contributed by atoms with Crippen LogP contribution in [-0.4, -0.2) is 9.97 Å². The first-order valence-corrected chi connectivity index (χ1v) is 5.98. The van der Waals surface area contributed by atoms with Crippen molar-refractivity contribution in [3.63, 3.8) is 0 Å². The van der Waals surface area contributed by atoms with Crippen LogP contribution in [0.1, 0.15) is 30.3 Å². The fourth-order valence-electron chi connectivity index (χ4n) is 2.45. The monoisotopic (exact) mass is 212 g/mol. The number of rotatable bonds is 0. The van der Waals surface area contributed by atoms with Gasteiger partial charge in [-0.05, 0) is 55.9 Å². The van der Waals surface area contributed by atoms with Gasteiger partial charge < -0.3 is 0 Å². The van der Waals surface area contributed by atoms with E-state index in [0.29, 0.717) is 0 Å². The van der Waals surface area contributed by atoms with Gasteiger partial charge in [0.25, 0.3) is 0 Å². The van der Waals surface area contributed by atoms with Crippen LogP contribution >= 0.6 is 0 Å². The molecule has 1 atom stereocenters. The molecule has 2 heterocycles. The largest absolute Gasteiger partial charge is 0.233 e. The summed E-state index contributed by atoms with van der Waals surface area (Å²) in [6, 6.07) is 6.46. The minimum Gasteiger partial charge on any atom is -0.233 e. The maximum absolute atomic E-state index is 4.72. The molecule has 3 rings (SSSR count). The summed E-state index contributed by atoms with van der Waals surface area (Å²) in [6.07, 6.45) is 3.58. The van der Waals surface area contributed by atoms with Crippen molar-refractivity contribution in [2.75, 3.05) is 0 Å². The van der Waals surface area contributed by atoms with Crippen molar-refractivity contribution in [3.05, 3.63) is 35.2 Å². The maximum Gasteiger partial charge on any atom is 0.159 e. The molecular formula is C14H16N2. The summed E-state index contributed by atoms with van der Waals surface area (Å²) in [5.41, 5.74) is 4.65. The van der Waals surface area contributed by atoms with E-state index in [4.69, 9.17) is 4.98 Å². The third-order valence-corrected chi connectivity index (χ3v) is 3.43. The first-order chi connectivity index (χ1) is 7.72. The van der Waals surface area contributed by atoms with Crippen LogP contribution in [0.25, 0.3) is 11.0 Å². The molecular weight excluding hydrogens is 196 g/mol. The summed E-state index contributed by atoms with van der Waals surface area (Å²) < 4.78 is 0. The average Bonchev–Trinajstić information content (AvgIpc) is 2.26. The van der Waals surface area contributed by atoms with Gasteiger partial charge in [0.05, 0.1) is 0 Å². The van der Waals surface area contributed by atoms with Gasteiger partial charge in [0.2, 0.25) is 0 Å². The van der Waals surface area contributed by atoms with Crippen molar-refractivity contribution in [1.82, 2.24) is 9.97 Å². The van der Waals surface area contributed by atoms with E-state index in [1.54, 1.807) is 0 Å². The fraction of sp³-hybridized carbons (Fsp3) is 0.429. The van der Waals surface area contributed by atoms with Gasteiger partial charge in [-0.25, -0.2) is 9.97 Å². The standard InChI is InChI=1S/C14H16N2/c1-9-3-5-11-8-12-6-4-10(2)15-14(12)16-13(11)7-9/h4,6,8-9H,3,5,7H2,1-2H3. The van der Waals surface area contributed by atoms with Crippen LogP contribution in [0.3, 0.4) is 0 Å². The third-order valence-electron chi connectivity index (χ3n) is 3.43. The van der Waals surface area contributed by atoms with Crippen LogP contribution in [0, 0.1) is 12.8 Å². The fourth-order valence-corrected chi connectivity index (χ4v) is 2.45. The molecule has 1 aliphatic rings. The van der Waals surface area contributed by atoms with Crippen LogP contribution in [0.5, 0.6) is 0 Å².